The second-order valence-corrected chi connectivity index (χ2v) is 6.77. The predicted molar refractivity (Wildman–Crippen MR) is 97.2 cm³/mol. The molecule has 4 nitrogen and oxygen atoms in total. The molecule has 118 valence electrons. The molecule has 24 heavy (non-hydrogen) atoms. The van der Waals surface area contributed by atoms with Crippen molar-refractivity contribution in [1.29, 1.82) is 0 Å². The fraction of sp³-hybridized carbons (Fsp3) is 0. The first kappa shape index (κ1) is 15.2. The van der Waals surface area contributed by atoms with Gasteiger partial charge in [0, 0.05) is 14.9 Å². The van der Waals surface area contributed by atoms with Crippen LogP contribution in [0.1, 0.15) is 20.7 Å². The Hall–Kier alpha value is -2.37. The van der Waals surface area contributed by atoms with Crippen LogP contribution < -0.4 is 5.43 Å². The van der Waals surface area contributed by atoms with E-state index in [0.29, 0.717) is 27.2 Å². The lowest BCUT2D eigenvalue weighted by atomic mass is 9.95. The van der Waals surface area contributed by atoms with Gasteiger partial charge in [0.1, 0.15) is 0 Å². The van der Waals surface area contributed by atoms with Crippen molar-refractivity contribution in [3.63, 3.8) is 0 Å². The summed E-state index contributed by atoms with van der Waals surface area (Å²) in [6.07, 6.45) is 0. The van der Waals surface area contributed by atoms with Crippen molar-refractivity contribution in [3.05, 3.63) is 75.2 Å². The standard InChI is InChI=1S/C18H10BrClN2O2/c19-11-8-10-2-1-3-14-16(10)15(9-11)18(24)22(17(14)23)21-13-6-4-12(20)5-7-13/h1-9,21H. The molecule has 3 aromatic rings. The maximum atomic E-state index is 12.8. The summed E-state index contributed by atoms with van der Waals surface area (Å²) < 4.78 is 0.788. The van der Waals surface area contributed by atoms with Gasteiger partial charge in [0.05, 0.1) is 16.8 Å². The van der Waals surface area contributed by atoms with Gasteiger partial charge in [-0.1, -0.05) is 39.7 Å². The molecule has 0 spiro atoms. The van der Waals surface area contributed by atoms with E-state index >= 15 is 0 Å². The number of anilines is 1. The molecule has 3 aromatic carbocycles. The highest BCUT2D eigenvalue weighted by Crippen LogP contribution is 2.33. The van der Waals surface area contributed by atoms with Crippen LogP contribution in [0.25, 0.3) is 10.8 Å². The van der Waals surface area contributed by atoms with Crippen LogP contribution in [0.4, 0.5) is 5.69 Å². The molecule has 0 radical (unpaired) electrons. The summed E-state index contributed by atoms with van der Waals surface area (Å²) in [6, 6.07) is 15.8. The summed E-state index contributed by atoms with van der Waals surface area (Å²) in [5, 5.41) is 3.15. The molecule has 0 unspecified atom stereocenters. The van der Waals surface area contributed by atoms with Crippen LogP contribution in [-0.4, -0.2) is 16.8 Å². The summed E-state index contributed by atoms with van der Waals surface area (Å²) >= 11 is 9.29. The monoisotopic (exact) mass is 400 g/mol. The second-order valence-electron chi connectivity index (χ2n) is 5.42. The Balaban J connectivity index is 1.83. The molecule has 1 aliphatic heterocycles. The fourth-order valence-corrected chi connectivity index (χ4v) is 3.43. The van der Waals surface area contributed by atoms with Gasteiger partial charge in [0.15, 0.2) is 0 Å². The quantitative estimate of drug-likeness (QED) is 0.623. The molecule has 0 saturated carbocycles. The molecule has 1 N–H and O–H groups in total. The minimum Gasteiger partial charge on any atom is -0.288 e. The number of halogens is 2. The van der Waals surface area contributed by atoms with Crippen molar-refractivity contribution in [2.75, 3.05) is 5.43 Å². The Kier molecular flexibility index (Phi) is 3.55. The number of hydrogen-bond donors (Lipinski definition) is 1. The first-order valence-corrected chi connectivity index (χ1v) is 8.35. The number of nitrogens with one attached hydrogen (secondary N) is 1. The Bertz CT molecular complexity index is 1000. The molecule has 4 rings (SSSR count). The van der Waals surface area contributed by atoms with Crippen molar-refractivity contribution in [2.24, 2.45) is 0 Å². The van der Waals surface area contributed by atoms with Crippen LogP contribution in [0.5, 0.6) is 0 Å². The zero-order valence-corrected chi connectivity index (χ0v) is 14.6. The number of carbonyl (C=O) groups is 2. The van der Waals surface area contributed by atoms with Crippen LogP contribution in [0.2, 0.25) is 5.02 Å². The largest absolute Gasteiger partial charge is 0.288 e. The SMILES string of the molecule is O=C1c2cccc3cc(Br)cc(c23)C(=O)N1Nc1ccc(Cl)cc1. The highest BCUT2D eigenvalue weighted by atomic mass is 79.9. The van der Waals surface area contributed by atoms with Crippen molar-refractivity contribution in [2.45, 2.75) is 0 Å². The summed E-state index contributed by atoms with van der Waals surface area (Å²) in [7, 11) is 0. The Morgan fingerprint density at radius 1 is 0.917 bits per heavy atom. The average Bonchev–Trinajstić information content (AvgIpc) is 2.57. The molecule has 2 amide bonds. The summed E-state index contributed by atoms with van der Waals surface area (Å²) in [6.45, 7) is 0. The smallest absolute Gasteiger partial charge is 0.280 e. The molecule has 0 bridgehead atoms. The molecule has 6 heteroatoms. The van der Waals surface area contributed by atoms with E-state index in [1.54, 1.807) is 36.4 Å². The lowest BCUT2D eigenvalue weighted by Crippen LogP contribution is -2.44. The maximum Gasteiger partial charge on any atom is 0.280 e. The van der Waals surface area contributed by atoms with Gasteiger partial charge < -0.3 is 0 Å². The Morgan fingerprint density at radius 2 is 1.62 bits per heavy atom. The minimum absolute atomic E-state index is 0.379. The average molecular weight is 402 g/mol. The fourth-order valence-electron chi connectivity index (χ4n) is 2.83. The summed E-state index contributed by atoms with van der Waals surface area (Å²) in [4.78, 5) is 25.6. The number of benzene rings is 3. The van der Waals surface area contributed by atoms with E-state index in [1.807, 2.05) is 18.2 Å². The van der Waals surface area contributed by atoms with Crippen LogP contribution in [0, 0.1) is 0 Å². The number of imide groups is 1. The molecule has 0 aliphatic carbocycles. The molecular weight excluding hydrogens is 392 g/mol. The lowest BCUT2D eigenvalue weighted by molar-refractivity contribution is 0.0649. The Morgan fingerprint density at radius 3 is 2.38 bits per heavy atom. The van der Waals surface area contributed by atoms with E-state index < -0.39 is 0 Å². The summed E-state index contributed by atoms with van der Waals surface area (Å²) in [5.41, 5.74) is 4.45. The normalized spacial score (nSPS) is 13.5. The minimum atomic E-state index is -0.389. The van der Waals surface area contributed by atoms with Gasteiger partial charge in [-0.3, -0.25) is 15.0 Å². The number of rotatable bonds is 2. The van der Waals surface area contributed by atoms with Gasteiger partial charge in [-0.05, 0) is 47.9 Å². The third kappa shape index (κ3) is 2.37. The number of amides is 2. The van der Waals surface area contributed by atoms with E-state index in [4.69, 9.17) is 11.6 Å². The second kappa shape index (κ2) is 5.61. The maximum absolute atomic E-state index is 12.8. The van der Waals surface area contributed by atoms with Gasteiger partial charge in [-0.15, -0.1) is 0 Å². The van der Waals surface area contributed by atoms with Gasteiger partial charge in [-0.25, -0.2) is 0 Å². The van der Waals surface area contributed by atoms with Crippen molar-refractivity contribution < 1.29 is 9.59 Å². The number of hydrazine groups is 1. The molecular formula is C18H10BrClN2O2. The van der Waals surface area contributed by atoms with Crippen LogP contribution >= 0.6 is 27.5 Å². The highest BCUT2D eigenvalue weighted by Gasteiger charge is 2.33. The van der Waals surface area contributed by atoms with Crippen LogP contribution in [-0.2, 0) is 0 Å². The van der Waals surface area contributed by atoms with Crippen molar-refractivity contribution in [1.82, 2.24) is 5.01 Å². The zero-order chi connectivity index (χ0) is 16.8. The molecule has 0 aromatic heterocycles. The zero-order valence-electron chi connectivity index (χ0n) is 12.2. The van der Waals surface area contributed by atoms with Gasteiger partial charge in [0.25, 0.3) is 11.8 Å². The molecule has 0 fully saturated rings. The van der Waals surface area contributed by atoms with E-state index in [0.717, 1.165) is 14.9 Å². The van der Waals surface area contributed by atoms with Crippen molar-refractivity contribution in [3.8, 4) is 0 Å². The Labute approximate surface area is 151 Å². The summed E-state index contributed by atoms with van der Waals surface area (Å²) in [5.74, 6) is -0.768. The lowest BCUT2D eigenvalue weighted by Gasteiger charge is -2.28. The molecule has 0 atom stereocenters. The third-order valence-electron chi connectivity index (χ3n) is 3.89. The first-order chi connectivity index (χ1) is 11.5. The number of nitrogens with zero attached hydrogens (tertiary/aromatic N) is 1. The number of hydrogen-bond acceptors (Lipinski definition) is 3. The highest BCUT2D eigenvalue weighted by molar-refractivity contribution is 9.10. The topological polar surface area (TPSA) is 49.4 Å². The van der Waals surface area contributed by atoms with Gasteiger partial charge in [0.2, 0.25) is 0 Å². The van der Waals surface area contributed by atoms with Crippen LogP contribution in [0.15, 0.2) is 59.1 Å². The van der Waals surface area contributed by atoms with Gasteiger partial charge in [-0.2, -0.15) is 5.01 Å². The van der Waals surface area contributed by atoms with Gasteiger partial charge >= 0.3 is 0 Å². The third-order valence-corrected chi connectivity index (χ3v) is 4.60. The van der Waals surface area contributed by atoms with E-state index in [9.17, 15) is 9.59 Å². The first-order valence-electron chi connectivity index (χ1n) is 7.18. The van der Waals surface area contributed by atoms with E-state index in [2.05, 4.69) is 21.4 Å². The van der Waals surface area contributed by atoms with E-state index in [1.165, 1.54) is 0 Å². The van der Waals surface area contributed by atoms with Crippen LogP contribution in [0.3, 0.4) is 0 Å². The molecule has 0 saturated heterocycles. The number of carbonyl (C=O) groups excluding carboxylic acids is 2. The molecule has 1 aliphatic rings. The van der Waals surface area contributed by atoms with E-state index in [-0.39, 0.29) is 11.8 Å². The predicted octanol–water partition coefficient (Wildman–Crippen LogP) is 4.88. The molecule has 1 heterocycles. The van der Waals surface area contributed by atoms with Crippen molar-refractivity contribution >= 4 is 55.8 Å².